The summed E-state index contributed by atoms with van der Waals surface area (Å²) < 4.78 is 68.2. The predicted octanol–water partition coefficient (Wildman–Crippen LogP) is -3.73. The molecule has 31 heavy (non-hydrogen) atoms. The maximum absolute atomic E-state index is 11.5. The number of rotatable bonds is 5. The fourth-order valence-electron chi connectivity index (χ4n) is 2.60. The van der Waals surface area contributed by atoms with Crippen molar-refractivity contribution in [3.05, 3.63) is 54.1 Å². The summed E-state index contributed by atoms with van der Waals surface area (Å²) in [6.45, 7) is -0.256. The van der Waals surface area contributed by atoms with E-state index >= 15 is 0 Å². The molecule has 3 aromatic carbocycles. The molecule has 0 fully saturated rings. The number of aliphatic hydroxyl groups excluding tert-OH is 1. The standard InChI is InChI=1S/C17H14N2O8S2.2Na/c20-9-10-2-1-3-12(6-10)18-19-16-14-5-4-13(28(22,23)24)7-11(14)8-15(17(16)21)29(25,26)27;;/h1-8,20-21H,9H2,(H,22,23,24)(H,25,26,27);;/q;2*+1/p-2. The van der Waals surface area contributed by atoms with Gasteiger partial charge in [-0.25, -0.2) is 16.8 Å². The molecule has 0 aliphatic carbocycles. The quantitative estimate of drug-likeness (QED) is 0.212. The van der Waals surface area contributed by atoms with Crippen LogP contribution in [-0.2, 0) is 26.8 Å². The van der Waals surface area contributed by atoms with E-state index in [1.54, 1.807) is 12.1 Å². The Morgan fingerprint density at radius 2 is 1.55 bits per heavy atom. The predicted molar refractivity (Wildman–Crippen MR) is 98.1 cm³/mol. The minimum Gasteiger partial charge on any atom is -0.744 e. The third-order valence-electron chi connectivity index (χ3n) is 3.94. The van der Waals surface area contributed by atoms with E-state index in [0.29, 0.717) is 5.56 Å². The van der Waals surface area contributed by atoms with Gasteiger partial charge in [-0.15, -0.1) is 5.11 Å². The van der Waals surface area contributed by atoms with Crippen LogP contribution in [0.2, 0.25) is 0 Å². The molecule has 0 atom stereocenters. The van der Waals surface area contributed by atoms with Crippen molar-refractivity contribution in [3.8, 4) is 5.75 Å². The number of hydrogen-bond acceptors (Lipinski definition) is 10. The molecule has 0 bridgehead atoms. The van der Waals surface area contributed by atoms with Crippen LogP contribution in [0.1, 0.15) is 5.56 Å². The largest absolute Gasteiger partial charge is 1.00 e. The molecule has 0 aliphatic heterocycles. The van der Waals surface area contributed by atoms with Crippen molar-refractivity contribution in [1.29, 1.82) is 0 Å². The molecule has 0 saturated heterocycles. The van der Waals surface area contributed by atoms with Gasteiger partial charge in [0.1, 0.15) is 25.9 Å². The van der Waals surface area contributed by atoms with Gasteiger partial charge in [0, 0.05) is 5.39 Å². The van der Waals surface area contributed by atoms with Crippen LogP contribution in [-0.4, -0.2) is 36.2 Å². The molecule has 3 aromatic rings. The number of hydrogen-bond donors (Lipinski definition) is 2. The van der Waals surface area contributed by atoms with Crippen LogP contribution in [0.25, 0.3) is 10.8 Å². The van der Waals surface area contributed by atoms with Gasteiger partial charge in [-0.3, -0.25) is 0 Å². The number of phenolic OH excluding ortho intramolecular Hbond substituents is 1. The zero-order valence-corrected chi connectivity index (χ0v) is 22.0. The fourth-order valence-corrected chi connectivity index (χ4v) is 3.71. The number of aliphatic hydroxyl groups is 1. The van der Waals surface area contributed by atoms with Crippen LogP contribution in [0.5, 0.6) is 5.75 Å². The first-order chi connectivity index (χ1) is 13.5. The van der Waals surface area contributed by atoms with E-state index in [-0.39, 0.29) is 82.2 Å². The van der Waals surface area contributed by atoms with Crippen molar-refractivity contribution < 1.29 is 95.3 Å². The summed E-state index contributed by atoms with van der Waals surface area (Å²) in [4.78, 5) is -1.69. The number of phenols is 1. The molecule has 152 valence electrons. The summed E-state index contributed by atoms with van der Waals surface area (Å²) in [5, 5.41) is 27.1. The Balaban J connectivity index is 0.00000240. The van der Waals surface area contributed by atoms with Crippen molar-refractivity contribution in [2.24, 2.45) is 10.2 Å². The molecule has 0 aromatic heterocycles. The smallest absolute Gasteiger partial charge is 0.744 e. The van der Waals surface area contributed by atoms with Crippen molar-refractivity contribution in [2.75, 3.05) is 0 Å². The third-order valence-corrected chi connectivity index (χ3v) is 5.62. The van der Waals surface area contributed by atoms with E-state index in [1.807, 2.05) is 0 Å². The maximum Gasteiger partial charge on any atom is 1.00 e. The number of aromatic hydroxyl groups is 1. The van der Waals surface area contributed by atoms with Gasteiger partial charge >= 0.3 is 59.1 Å². The van der Waals surface area contributed by atoms with Gasteiger partial charge in [-0.2, -0.15) is 5.11 Å². The maximum atomic E-state index is 11.5. The van der Waals surface area contributed by atoms with E-state index < -0.39 is 41.5 Å². The topological polar surface area (TPSA) is 180 Å². The minimum absolute atomic E-state index is 0. The Hall–Kier alpha value is -0.900. The molecular weight excluding hydrogens is 470 g/mol. The molecule has 0 aliphatic rings. The second kappa shape index (κ2) is 10.8. The molecule has 0 spiro atoms. The van der Waals surface area contributed by atoms with Crippen LogP contribution < -0.4 is 59.1 Å². The van der Waals surface area contributed by atoms with Gasteiger partial charge < -0.3 is 19.3 Å². The van der Waals surface area contributed by atoms with Crippen molar-refractivity contribution >= 4 is 42.4 Å². The van der Waals surface area contributed by atoms with Gasteiger partial charge in [0.05, 0.1) is 22.1 Å². The number of benzene rings is 3. The summed E-state index contributed by atoms with van der Waals surface area (Å²) in [6, 6.07) is 9.95. The minimum atomic E-state index is -5.15. The molecule has 0 unspecified atom stereocenters. The Morgan fingerprint density at radius 3 is 2.13 bits per heavy atom. The van der Waals surface area contributed by atoms with Crippen LogP contribution in [0.15, 0.2) is 68.6 Å². The molecule has 0 amide bonds. The Kier molecular flexibility index (Phi) is 9.81. The SMILES string of the molecule is O=S(=O)([O-])c1ccc2c(N=Nc3cccc(CO)c3)c(O)c(S(=O)(=O)[O-])cc2c1.[Na+].[Na+]. The second-order valence-corrected chi connectivity index (χ2v) is 8.62. The average molecular weight is 482 g/mol. The van der Waals surface area contributed by atoms with Crippen LogP contribution >= 0.6 is 0 Å². The molecular formula is C17H12N2Na2O8S2. The number of fused-ring (bicyclic) bond motifs is 1. The Morgan fingerprint density at radius 1 is 0.871 bits per heavy atom. The van der Waals surface area contributed by atoms with Crippen LogP contribution in [0.4, 0.5) is 11.4 Å². The summed E-state index contributed by atoms with van der Waals surface area (Å²) in [6.07, 6.45) is 0. The van der Waals surface area contributed by atoms with Crippen molar-refractivity contribution in [2.45, 2.75) is 16.4 Å². The van der Waals surface area contributed by atoms with Gasteiger partial charge in [-0.05, 0) is 41.3 Å². The zero-order valence-electron chi connectivity index (χ0n) is 16.4. The average Bonchev–Trinajstić information content (AvgIpc) is 2.65. The van der Waals surface area contributed by atoms with Crippen molar-refractivity contribution in [1.82, 2.24) is 0 Å². The molecule has 0 saturated carbocycles. The molecule has 14 heteroatoms. The molecule has 2 N–H and O–H groups in total. The molecule has 10 nitrogen and oxygen atoms in total. The summed E-state index contributed by atoms with van der Waals surface area (Å²) >= 11 is 0. The first kappa shape index (κ1) is 28.1. The third kappa shape index (κ3) is 6.55. The van der Waals surface area contributed by atoms with Gasteiger partial charge in [-0.1, -0.05) is 18.2 Å². The zero-order chi connectivity index (χ0) is 21.4. The van der Waals surface area contributed by atoms with Crippen molar-refractivity contribution in [3.63, 3.8) is 0 Å². The number of nitrogens with zero attached hydrogens (tertiary/aromatic N) is 2. The second-order valence-electron chi connectivity index (χ2n) is 5.89. The van der Waals surface area contributed by atoms with Crippen LogP contribution in [0, 0.1) is 0 Å². The molecule has 0 radical (unpaired) electrons. The first-order valence-electron chi connectivity index (χ1n) is 7.84. The Bertz CT molecular complexity index is 1360. The molecule has 0 heterocycles. The normalized spacial score (nSPS) is 11.8. The summed E-state index contributed by atoms with van der Waals surface area (Å²) in [5.41, 5.74) is 0.385. The summed E-state index contributed by atoms with van der Waals surface area (Å²) in [5.74, 6) is -0.965. The van der Waals surface area contributed by atoms with Gasteiger partial charge in [0.15, 0.2) is 5.75 Å². The first-order valence-corrected chi connectivity index (χ1v) is 10.7. The Labute approximate surface area is 222 Å². The molecule has 3 rings (SSSR count). The van der Waals surface area contributed by atoms with E-state index in [1.165, 1.54) is 12.1 Å². The van der Waals surface area contributed by atoms with E-state index in [0.717, 1.165) is 24.3 Å². The van der Waals surface area contributed by atoms with Gasteiger partial charge in [0.2, 0.25) is 0 Å². The summed E-state index contributed by atoms with van der Waals surface area (Å²) in [7, 11) is -10.00. The van der Waals surface area contributed by atoms with Gasteiger partial charge in [0.25, 0.3) is 0 Å². The van der Waals surface area contributed by atoms with E-state index in [4.69, 9.17) is 5.11 Å². The monoisotopic (exact) mass is 482 g/mol. The van der Waals surface area contributed by atoms with E-state index in [2.05, 4.69) is 10.2 Å². The fraction of sp³-hybridized carbons (Fsp3) is 0.0588. The number of azo groups is 1. The van der Waals surface area contributed by atoms with Crippen LogP contribution in [0.3, 0.4) is 0 Å². The van der Waals surface area contributed by atoms with E-state index in [9.17, 15) is 31.0 Å².